The molecule has 5 nitrogen and oxygen atoms in total. The second-order valence-electron chi connectivity index (χ2n) is 4.27. The van der Waals surface area contributed by atoms with Crippen molar-refractivity contribution >= 4 is 29.3 Å². The molecule has 0 unspecified atom stereocenters. The summed E-state index contributed by atoms with van der Waals surface area (Å²) in [5.41, 5.74) is 6.77. The van der Waals surface area contributed by atoms with Crippen molar-refractivity contribution in [2.24, 2.45) is 5.73 Å². The summed E-state index contributed by atoms with van der Waals surface area (Å²) in [5, 5.41) is 9.69. The number of nitrogens with zero attached hydrogens (tertiary/aromatic N) is 1. The minimum absolute atomic E-state index is 0.368. The SMILES string of the molecule is CC(C)c1ccc(N(C)C(=O)NC(=N)N)c(Cl)c1. The number of amides is 2. The normalized spacial score (nSPS) is 10.3. The number of hydrogen-bond acceptors (Lipinski definition) is 2. The summed E-state index contributed by atoms with van der Waals surface area (Å²) in [5.74, 6) is -0.0327. The van der Waals surface area contributed by atoms with Crippen LogP contribution in [0.25, 0.3) is 0 Å². The largest absolute Gasteiger partial charge is 0.370 e. The number of hydrogen-bond donors (Lipinski definition) is 3. The van der Waals surface area contributed by atoms with E-state index in [4.69, 9.17) is 22.7 Å². The molecule has 0 aromatic heterocycles. The van der Waals surface area contributed by atoms with Gasteiger partial charge in [-0.25, -0.2) is 4.79 Å². The van der Waals surface area contributed by atoms with Crippen LogP contribution in [0.2, 0.25) is 5.02 Å². The fourth-order valence-corrected chi connectivity index (χ4v) is 1.78. The molecular weight excluding hydrogens is 252 g/mol. The Morgan fingerprint density at radius 2 is 2.11 bits per heavy atom. The van der Waals surface area contributed by atoms with Gasteiger partial charge in [0.25, 0.3) is 0 Å². The summed E-state index contributed by atoms with van der Waals surface area (Å²) in [4.78, 5) is 13.0. The third kappa shape index (κ3) is 3.37. The first kappa shape index (κ1) is 14.3. The van der Waals surface area contributed by atoms with Crippen molar-refractivity contribution in [2.45, 2.75) is 19.8 Å². The van der Waals surface area contributed by atoms with E-state index in [9.17, 15) is 4.79 Å². The molecule has 0 saturated carbocycles. The molecule has 98 valence electrons. The lowest BCUT2D eigenvalue weighted by molar-refractivity contribution is 0.251. The maximum atomic E-state index is 11.7. The van der Waals surface area contributed by atoms with E-state index >= 15 is 0 Å². The highest BCUT2D eigenvalue weighted by Crippen LogP contribution is 2.28. The van der Waals surface area contributed by atoms with E-state index in [0.717, 1.165) is 5.56 Å². The molecule has 0 radical (unpaired) electrons. The van der Waals surface area contributed by atoms with Crippen molar-refractivity contribution in [3.63, 3.8) is 0 Å². The predicted molar refractivity (Wildman–Crippen MR) is 74.4 cm³/mol. The zero-order valence-corrected chi connectivity index (χ0v) is 11.4. The van der Waals surface area contributed by atoms with Gasteiger partial charge in [-0.05, 0) is 23.6 Å². The lowest BCUT2D eigenvalue weighted by Gasteiger charge is -2.19. The fraction of sp³-hybridized carbons (Fsp3) is 0.333. The lowest BCUT2D eigenvalue weighted by Crippen LogP contribution is -2.43. The van der Waals surface area contributed by atoms with Crippen molar-refractivity contribution in [1.82, 2.24) is 5.32 Å². The van der Waals surface area contributed by atoms with Gasteiger partial charge >= 0.3 is 6.03 Å². The predicted octanol–water partition coefficient (Wildman–Crippen LogP) is 2.50. The highest BCUT2D eigenvalue weighted by Gasteiger charge is 2.15. The van der Waals surface area contributed by atoms with Crippen molar-refractivity contribution in [3.05, 3.63) is 28.8 Å². The van der Waals surface area contributed by atoms with Crippen LogP contribution in [0.15, 0.2) is 18.2 Å². The molecule has 0 aliphatic heterocycles. The molecule has 6 heteroatoms. The molecule has 0 bridgehead atoms. The van der Waals surface area contributed by atoms with E-state index in [-0.39, 0.29) is 0 Å². The third-order valence-corrected chi connectivity index (χ3v) is 2.85. The number of nitrogens with two attached hydrogens (primary N) is 1. The zero-order chi connectivity index (χ0) is 13.9. The van der Waals surface area contributed by atoms with Gasteiger partial charge in [0, 0.05) is 7.05 Å². The molecule has 2 amide bonds. The Bertz CT molecular complexity index is 473. The van der Waals surface area contributed by atoms with E-state index in [0.29, 0.717) is 16.6 Å². The number of anilines is 1. The minimum Gasteiger partial charge on any atom is -0.370 e. The Hall–Kier alpha value is -1.75. The van der Waals surface area contributed by atoms with Gasteiger partial charge in [0.15, 0.2) is 5.96 Å². The molecule has 0 fully saturated rings. The van der Waals surface area contributed by atoms with E-state index in [1.807, 2.05) is 12.1 Å². The average molecular weight is 269 g/mol. The first-order valence-corrected chi connectivity index (χ1v) is 5.89. The molecule has 1 aromatic rings. The monoisotopic (exact) mass is 268 g/mol. The Morgan fingerprint density at radius 1 is 1.50 bits per heavy atom. The van der Waals surface area contributed by atoms with Gasteiger partial charge in [0.2, 0.25) is 0 Å². The summed E-state index contributed by atoms with van der Waals surface area (Å²) in [6.45, 7) is 4.13. The molecule has 0 aliphatic rings. The maximum Gasteiger partial charge on any atom is 0.328 e. The molecule has 18 heavy (non-hydrogen) atoms. The smallest absolute Gasteiger partial charge is 0.328 e. The van der Waals surface area contributed by atoms with Crippen molar-refractivity contribution < 1.29 is 4.79 Å². The van der Waals surface area contributed by atoms with Crippen molar-refractivity contribution in [1.29, 1.82) is 5.41 Å². The molecule has 0 heterocycles. The van der Waals surface area contributed by atoms with Gasteiger partial charge in [0.1, 0.15) is 0 Å². The van der Waals surface area contributed by atoms with E-state index in [2.05, 4.69) is 19.2 Å². The van der Waals surface area contributed by atoms with Gasteiger partial charge in [-0.1, -0.05) is 31.5 Å². The maximum absolute atomic E-state index is 11.7. The number of nitrogens with one attached hydrogen (secondary N) is 2. The average Bonchev–Trinajstić information content (AvgIpc) is 2.26. The van der Waals surface area contributed by atoms with Crippen LogP contribution >= 0.6 is 11.6 Å². The van der Waals surface area contributed by atoms with Crippen LogP contribution in [0.4, 0.5) is 10.5 Å². The molecular formula is C12H17ClN4O. The van der Waals surface area contributed by atoms with Crippen LogP contribution in [-0.2, 0) is 0 Å². The van der Waals surface area contributed by atoms with Gasteiger partial charge in [-0.3, -0.25) is 15.6 Å². The lowest BCUT2D eigenvalue weighted by atomic mass is 10.0. The topological polar surface area (TPSA) is 82.2 Å². The summed E-state index contributed by atoms with van der Waals surface area (Å²) in [6, 6.07) is 5.03. The highest BCUT2D eigenvalue weighted by atomic mass is 35.5. The number of urea groups is 1. The van der Waals surface area contributed by atoms with Crippen molar-refractivity contribution in [3.8, 4) is 0 Å². The van der Waals surface area contributed by atoms with Crippen molar-refractivity contribution in [2.75, 3.05) is 11.9 Å². The molecule has 0 aliphatic carbocycles. The summed E-state index contributed by atoms with van der Waals surface area (Å²) in [6.07, 6.45) is 0. The van der Waals surface area contributed by atoms with Crippen LogP contribution in [0.3, 0.4) is 0 Å². The Balaban J connectivity index is 2.96. The van der Waals surface area contributed by atoms with Gasteiger partial charge in [0.05, 0.1) is 10.7 Å². The highest BCUT2D eigenvalue weighted by molar-refractivity contribution is 6.34. The number of rotatable bonds is 2. The summed E-state index contributed by atoms with van der Waals surface area (Å²) >= 11 is 6.14. The van der Waals surface area contributed by atoms with Crippen LogP contribution in [0, 0.1) is 5.41 Å². The first-order chi connectivity index (χ1) is 8.32. The molecule has 4 N–H and O–H groups in total. The molecule has 0 spiro atoms. The Kier molecular flexibility index (Phi) is 4.55. The molecule has 0 saturated heterocycles. The minimum atomic E-state index is -0.498. The fourth-order valence-electron chi connectivity index (χ4n) is 1.46. The second-order valence-corrected chi connectivity index (χ2v) is 4.68. The third-order valence-electron chi connectivity index (χ3n) is 2.55. The van der Waals surface area contributed by atoms with Crippen LogP contribution < -0.4 is 16.0 Å². The summed E-state index contributed by atoms with van der Waals surface area (Å²) < 4.78 is 0. The number of carbonyl (C=O) groups is 1. The Morgan fingerprint density at radius 3 is 2.56 bits per heavy atom. The van der Waals surface area contributed by atoms with Crippen LogP contribution in [0.1, 0.15) is 25.3 Å². The van der Waals surface area contributed by atoms with Gasteiger partial charge in [-0.2, -0.15) is 0 Å². The van der Waals surface area contributed by atoms with Crippen LogP contribution in [0.5, 0.6) is 0 Å². The Labute approximate surface area is 111 Å². The zero-order valence-electron chi connectivity index (χ0n) is 10.6. The second kappa shape index (κ2) is 5.73. The van der Waals surface area contributed by atoms with Crippen LogP contribution in [-0.4, -0.2) is 19.0 Å². The number of halogens is 1. The number of carbonyl (C=O) groups excluding carboxylic acids is 1. The first-order valence-electron chi connectivity index (χ1n) is 5.51. The molecule has 0 atom stereocenters. The standard InChI is InChI=1S/C12H17ClN4O/c1-7(2)8-4-5-10(9(13)6-8)17(3)12(18)16-11(14)15/h4-7H,1-3H3,(H4,14,15,16,18). The van der Waals surface area contributed by atoms with Gasteiger partial charge < -0.3 is 5.73 Å². The summed E-state index contributed by atoms with van der Waals surface area (Å²) in [7, 11) is 1.56. The van der Waals surface area contributed by atoms with Gasteiger partial charge in [-0.15, -0.1) is 0 Å². The van der Waals surface area contributed by atoms with E-state index < -0.39 is 12.0 Å². The van der Waals surface area contributed by atoms with E-state index in [1.165, 1.54) is 4.90 Å². The number of benzene rings is 1. The molecule has 1 rings (SSSR count). The quantitative estimate of drug-likeness (QED) is 0.569. The van der Waals surface area contributed by atoms with E-state index in [1.54, 1.807) is 13.1 Å². The number of guanidine groups is 1. The molecule has 1 aromatic carbocycles.